The van der Waals surface area contributed by atoms with Crippen LogP contribution in [0.3, 0.4) is 0 Å². The molecule has 0 spiro atoms. The third kappa shape index (κ3) is 2.16. The SMILES string of the molecule is CN(C)C(=O)c1cnn2c([C@H]3CCCNC3)ccnc12. The van der Waals surface area contributed by atoms with Gasteiger partial charge >= 0.3 is 0 Å². The topological polar surface area (TPSA) is 62.5 Å². The third-order valence-corrected chi connectivity index (χ3v) is 3.78. The highest BCUT2D eigenvalue weighted by atomic mass is 16.2. The zero-order valence-electron chi connectivity index (χ0n) is 11.8. The van der Waals surface area contributed by atoms with Crippen molar-refractivity contribution < 1.29 is 4.79 Å². The molecule has 3 rings (SSSR count). The van der Waals surface area contributed by atoms with E-state index < -0.39 is 0 Å². The van der Waals surface area contributed by atoms with Crippen LogP contribution in [-0.4, -0.2) is 52.6 Å². The van der Waals surface area contributed by atoms with Crippen LogP contribution in [0.5, 0.6) is 0 Å². The predicted molar refractivity (Wildman–Crippen MR) is 75.8 cm³/mol. The van der Waals surface area contributed by atoms with Gasteiger partial charge < -0.3 is 10.2 Å². The summed E-state index contributed by atoms with van der Waals surface area (Å²) < 4.78 is 1.81. The standard InChI is InChI=1S/C14H19N5O/c1-18(2)14(20)11-9-17-19-12(5-7-16-13(11)19)10-4-3-6-15-8-10/h5,7,9-10,15H,3-4,6,8H2,1-2H3/t10-/m0/s1. The maximum atomic E-state index is 12.1. The van der Waals surface area contributed by atoms with E-state index in [2.05, 4.69) is 15.4 Å². The van der Waals surface area contributed by atoms with Gasteiger partial charge in [0.15, 0.2) is 5.65 Å². The molecule has 1 amide bonds. The lowest BCUT2D eigenvalue weighted by atomic mass is 9.96. The minimum absolute atomic E-state index is 0.0635. The number of hydrogen-bond donors (Lipinski definition) is 1. The van der Waals surface area contributed by atoms with E-state index in [1.807, 2.05) is 10.6 Å². The van der Waals surface area contributed by atoms with Crippen LogP contribution in [-0.2, 0) is 0 Å². The molecule has 106 valence electrons. The monoisotopic (exact) mass is 273 g/mol. The summed E-state index contributed by atoms with van der Waals surface area (Å²) in [4.78, 5) is 18.0. The Hall–Kier alpha value is -1.95. The molecule has 1 atom stereocenters. The Kier molecular flexibility index (Phi) is 3.40. The van der Waals surface area contributed by atoms with Gasteiger partial charge in [0.2, 0.25) is 0 Å². The van der Waals surface area contributed by atoms with Gasteiger partial charge in [0.25, 0.3) is 5.91 Å². The fraction of sp³-hybridized carbons (Fsp3) is 0.500. The number of hydrogen-bond acceptors (Lipinski definition) is 4. The van der Waals surface area contributed by atoms with Crippen LogP contribution in [0.2, 0.25) is 0 Å². The van der Waals surface area contributed by atoms with Crippen LogP contribution in [0.4, 0.5) is 0 Å². The van der Waals surface area contributed by atoms with Gasteiger partial charge in [-0.1, -0.05) is 0 Å². The van der Waals surface area contributed by atoms with Gasteiger partial charge in [-0.3, -0.25) is 4.79 Å². The van der Waals surface area contributed by atoms with E-state index >= 15 is 0 Å². The van der Waals surface area contributed by atoms with Crippen LogP contribution in [0.25, 0.3) is 5.65 Å². The first-order valence-electron chi connectivity index (χ1n) is 6.93. The molecule has 1 aliphatic heterocycles. The summed E-state index contributed by atoms with van der Waals surface area (Å²) in [6.45, 7) is 2.03. The molecule has 0 saturated carbocycles. The van der Waals surface area contributed by atoms with Crippen molar-refractivity contribution >= 4 is 11.6 Å². The molecule has 0 aromatic carbocycles. The lowest BCUT2D eigenvalue weighted by Gasteiger charge is -2.23. The highest BCUT2D eigenvalue weighted by Crippen LogP contribution is 2.24. The molecular weight excluding hydrogens is 254 g/mol. The number of carbonyl (C=O) groups is 1. The zero-order valence-corrected chi connectivity index (χ0v) is 11.8. The molecule has 2 aromatic heterocycles. The summed E-state index contributed by atoms with van der Waals surface area (Å²) in [6, 6.07) is 2.00. The minimum Gasteiger partial charge on any atom is -0.345 e. The van der Waals surface area contributed by atoms with Crippen molar-refractivity contribution in [3.8, 4) is 0 Å². The summed E-state index contributed by atoms with van der Waals surface area (Å²) in [5, 5.41) is 7.79. The molecule has 0 bridgehead atoms. The summed E-state index contributed by atoms with van der Waals surface area (Å²) in [5.74, 6) is 0.364. The second kappa shape index (κ2) is 5.20. The molecular formula is C14H19N5O. The average Bonchev–Trinajstić information content (AvgIpc) is 2.91. The number of nitrogens with one attached hydrogen (secondary N) is 1. The fourth-order valence-electron chi connectivity index (χ4n) is 2.72. The Bertz CT molecular complexity index is 628. The van der Waals surface area contributed by atoms with Crippen LogP contribution in [0.15, 0.2) is 18.5 Å². The highest BCUT2D eigenvalue weighted by molar-refractivity contribution is 5.99. The number of piperidine rings is 1. The molecule has 1 aliphatic rings. The van der Waals surface area contributed by atoms with Crippen molar-refractivity contribution in [3.05, 3.63) is 29.7 Å². The number of amides is 1. The van der Waals surface area contributed by atoms with Crippen LogP contribution in [0.1, 0.15) is 34.8 Å². The van der Waals surface area contributed by atoms with E-state index in [0.717, 1.165) is 25.2 Å². The smallest absolute Gasteiger partial charge is 0.258 e. The molecule has 3 heterocycles. The number of nitrogens with zero attached hydrogens (tertiary/aromatic N) is 4. The summed E-state index contributed by atoms with van der Waals surface area (Å²) in [5.41, 5.74) is 2.33. The molecule has 0 unspecified atom stereocenters. The molecule has 1 N–H and O–H groups in total. The van der Waals surface area contributed by atoms with Gasteiger partial charge in [-0.15, -0.1) is 0 Å². The Morgan fingerprint density at radius 2 is 2.35 bits per heavy atom. The lowest BCUT2D eigenvalue weighted by Crippen LogP contribution is -2.29. The van der Waals surface area contributed by atoms with Crippen LogP contribution >= 0.6 is 0 Å². The molecule has 0 radical (unpaired) electrons. The predicted octanol–water partition coefficient (Wildman–Crippen LogP) is 0.898. The molecule has 6 heteroatoms. The number of aromatic nitrogens is 3. The van der Waals surface area contributed by atoms with Crippen molar-refractivity contribution in [2.24, 2.45) is 0 Å². The lowest BCUT2D eigenvalue weighted by molar-refractivity contribution is 0.0829. The Balaban J connectivity index is 2.05. The molecule has 2 aromatic rings. The Labute approximate surface area is 117 Å². The summed E-state index contributed by atoms with van der Waals surface area (Å²) in [6.07, 6.45) is 5.69. The summed E-state index contributed by atoms with van der Waals surface area (Å²) in [7, 11) is 3.47. The van der Waals surface area contributed by atoms with Gasteiger partial charge in [0.1, 0.15) is 5.56 Å². The molecule has 0 aliphatic carbocycles. The zero-order chi connectivity index (χ0) is 14.1. The van der Waals surface area contributed by atoms with Crippen molar-refractivity contribution in [1.29, 1.82) is 0 Å². The van der Waals surface area contributed by atoms with Crippen LogP contribution < -0.4 is 5.32 Å². The van der Waals surface area contributed by atoms with Gasteiger partial charge in [0, 0.05) is 32.8 Å². The van der Waals surface area contributed by atoms with E-state index in [9.17, 15) is 4.79 Å². The molecule has 20 heavy (non-hydrogen) atoms. The van der Waals surface area contributed by atoms with Gasteiger partial charge in [0.05, 0.1) is 11.9 Å². The van der Waals surface area contributed by atoms with E-state index in [1.165, 1.54) is 6.42 Å². The van der Waals surface area contributed by atoms with Crippen molar-refractivity contribution in [2.75, 3.05) is 27.2 Å². The van der Waals surface area contributed by atoms with Crippen molar-refractivity contribution in [2.45, 2.75) is 18.8 Å². The van der Waals surface area contributed by atoms with Crippen molar-refractivity contribution in [3.63, 3.8) is 0 Å². The Morgan fingerprint density at radius 1 is 1.50 bits per heavy atom. The van der Waals surface area contributed by atoms with Gasteiger partial charge in [-0.05, 0) is 25.5 Å². The van der Waals surface area contributed by atoms with Gasteiger partial charge in [-0.2, -0.15) is 5.10 Å². The highest BCUT2D eigenvalue weighted by Gasteiger charge is 2.21. The summed E-state index contributed by atoms with van der Waals surface area (Å²) >= 11 is 0. The first kappa shape index (κ1) is 13.1. The Morgan fingerprint density at radius 3 is 3.05 bits per heavy atom. The maximum Gasteiger partial charge on any atom is 0.258 e. The minimum atomic E-state index is -0.0635. The first-order chi connectivity index (χ1) is 9.68. The largest absolute Gasteiger partial charge is 0.345 e. The molecule has 1 saturated heterocycles. The fourth-order valence-corrected chi connectivity index (χ4v) is 2.72. The van der Waals surface area contributed by atoms with E-state index in [-0.39, 0.29) is 5.91 Å². The van der Waals surface area contributed by atoms with E-state index in [0.29, 0.717) is 17.1 Å². The first-order valence-corrected chi connectivity index (χ1v) is 6.93. The van der Waals surface area contributed by atoms with Gasteiger partial charge in [-0.25, -0.2) is 9.50 Å². The number of carbonyl (C=O) groups excluding carboxylic acids is 1. The third-order valence-electron chi connectivity index (χ3n) is 3.78. The van der Waals surface area contributed by atoms with Crippen molar-refractivity contribution in [1.82, 2.24) is 24.8 Å². The molecule has 1 fully saturated rings. The normalized spacial score (nSPS) is 19.2. The van der Waals surface area contributed by atoms with Crippen LogP contribution in [0, 0.1) is 0 Å². The van der Waals surface area contributed by atoms with E-state index in [1.54, 1.807) is 31.4 Å². The maximum absolute atomic E-state index is 12.1. The number of fused-ring (bicyclic) bond motifs is 1. The number of rotatable bonds is 2. The van der Waals surface area contributed by atoms with E-state index in [4.69, 9.17) is 0 Å². The molecule has 6 nitrogen and oxygen atoms in total. The quantitative estimate of drug-likeness (QED) is 0.883. The average molecular weight is 273 g/mol. The second-order valence-electron chi connectivity index (χ2n) is 5.41. The second-order valence-corrected chi connectivity index (χ2v) is 5.41.